The van der Waals surface area contributed by atoms with E-state index >= 15 is 0 Å². The number of nitrogens with zero attached hydrogens (tertiary/aromatic N) is 1. The predicted molar refractivity (Wildman–Crippen MR) is 96.5 cm³/mol. The Morgan fingerprint density at radius 1 is 1.22 bits per heavy atom. The topological polar surface area (TPSA) is 32.3 Å². The first-order chi connectivity index (χ1) is 11.2. The number of carbonyl (C=O) groups is 1. The molecule has 0 aliphatic carbocycles. The standard InChI is InChI=1S/C18H21ClN2OS/c19-16-5-2-1-4-15(16)18(22)20-9-12-21-10-7-14(8-11-21)17-6-3-13-23-17/h1-6,13-14H,7-12H2,(H,20,22). The van der Waals surface area contributed by atoms with Gasteiger partial charge < -0.3 is 10.2 Å². The van der Waals surface area contributed by atoms with E-state index in [0.29, 0.717) is 23.0 Å². The van der Waals surface area contributed by atoms with Crippen molar-refractivity contribution in [1.29, 1.82) is 0 Å². The van der Waals surface area contributed by atoms with Crippen LogP contribution in [-0.4, -0.2) is 37.0 Å². The summed E-state index contributed by atoms with van der Waals surface area (Å²) in [7, 11) is 0. The summed E-state index contributed by atoms with van der Waals surface area (Å²) in [6.07, 6.45) is 2.41. The quantitative estimate of drug-likeness (QED) is 0.885. The maximum absolute atomic E-state index is 12.1. The van der Waals surface area contributed by atoms with Crippen molar-refractivity contribution in [3.63, 3.8) is 0 Å². The minimum absolute atomic E-state index is 0.0935. The van der Waals surface area contributed by atoms with E-state index in [-0.39, 0.29) is 5.91 Å². The van der Waals surface area contributed by atoms with E-state index in [4.69, 9.17) is 11.6 Å². The molecule has 0 unspecified atom stereocenters. The lowest BCUT2D eigenvalue weighted by molar-refractivity contribution is 0.0946. The molecule has 122 valence electrons. The van der Waals surface area contributed by atoms with Crippen molar-refractivity contribution in [2.75, 3.05) is 26.2 Å². The van der Waals surface area contributed by atoms with E-state index in [1.807, 2.05) is 23.5 Å². The second-order valence-corrected chi connectivity index (χ2v) is 7.25. The number of benzene rings is 1. The fourth-order valence-corrected chi connectivity index (χ4v) is 4.15. The van der Waals surface area contributed by atoms with E-state index in [9.17, 15) is 4.79 Å². The maximum atomic E-state index is 12.1. The molecule has 1 amide bonds. The van der Waals surface area contributed by atoms with Crippen LogP contribution in [0.25, 0.3) is 0 Å². The molecule has 0 atom stereocenters. The van der Waals surface area contributed by atoms with Crippen LogP contribution in [0.1, 0.15) is 34.0 Å². The van der Waals surface area contributed by atoms with Crippen LogP contribution in [0.4, 0.5) is 0 Å². The number of carbonyl (C=O) groups excluding carboxylic acids is 1. The molecule has 1 fully saturated rings. The van der Waals surface area contributed by atoms with Gasteiger partial charge in [-0.1, -0.05) is 29.8 Å². The number of thiophene rings is 1. The minimum Gasteiger partial charge on any atom is -0.351 e. The third-order valence-corrected chi connectivity index (χ3v) is 5.73. The molecule has 0 bridgehead atoms. The highest BCUT2D eigenvalue weighted by Crippen LogP contribution is 2.30. The van der Waals surface area contributed by atoms with Crippen molar-refractivity contribution in [3.8, 4) is 0 Å². The summed E-state index contributed by atoms with van der Waals surface area (Å²) in [4.78, 5) is 16.0. The smallest absolute Gasteiger partial charge is 0.252 e. The summed E-state index contributed by atoms with van der Waals surface area (Å²) in [6.45, 7) is 3.76. The summed E-state index contributed by atoms with van der Waals surface area (Å²) in [5.41, 5.74) is 0.547. The van der Waals surface area contributed by atoms with Crippen LogP contribution >= 0.6 is 22.9 Å². The second-order valence-electron chi connectivity index (χ2n) is 5.87. The summed E-state index contributed by atoms with van der Waals surface area (Å²) in [5, 5.41) is 5.62. The molecular weight excluding hydrogens is 328 g/mol. The van der Waals surface area contributed by atoms with Gasteiger partial charge in [-0.05, 0) is 55.4 Å². The third-order valence-electron chi connectivity index (χ3n) is 4.37. The second kappa shape index (κ2) is 7.95. The van der Waals surface area contributed by atoms with Crippen LogP contribution in [0.15, 0.2) is 41.8 Å². The Kier molecular flexibility index (Phi) is 5.70. The summed E-state index contributed by atoms with van der Waals surface area (Å²) < 4.78 is 0. The Morgan fingerprint density at radius 2 is 2.00 bits per heavy atom. The third kappa shape index (κ3) is 4.34. The largest absolute Gasteiger partial charge is 0.351 e. The van der Waals surface area contributed by atoms with Crippen molar-refractivity contribution in [1.82, 2.24) is 10.2 Å². The van der Waals surface area contributed by atoms with Gasteiger partial charge >= 0.3 is 0 Å². The number of likely N-dealkylation sites (tertiary alicyclic amines) is 1. The molecule has 1 aliphatic heterocycles. The molecule has 2 heterocycles. The predicted octanol–water partition coefficient (Wildman–Crippen LogP) is 4.01. The summed E-state index contributed by atoms with van der Waals surface area (Å²) >= 11 is 7.90. The molecular formula is C18H21ClN2OS. The van der Waals surface area contributed by atoms with Crippen molar-refractivity contribution < 1.29 is 4.79 Å². The lowest BCUT2D eigenvalue weighted by atomic mass is 9.95. The minimum atomic E-state index is -0.0935. The molecule has 0 spiro atoms. The molecule has 0 saturated carbocycles. The number of nitrogens with one attached hydrogen (secondary N) is 1. The first kappa shape index (κ1) is 16.5. The van der Waals surface area contributed by atoms with Crippen LogP contribution in [0.3, 0.4) is 0 Å². The van der Waals surface area contributed by atoms with Crippen molar-refractivity contribution >= 4 is 28.8 Å². The highest BCUT2D eigenvalue weighted by molar-refractivity contribution is 7.10. The van der Waals surface area contributed by atoms with E-state index in [1.54, 1.807) is 12.1 Å². The van der Waals surface area contributed by atoms with Crippen LogP contribution in [0.2, 0.25) is 5.02 Å². The average molecular weight is 349 g/mol. The number of amides is 1. The van der Waals surface area contributed by atoms with Crippen molar-refractivity contribution in [2.24, 2.45) is 0 Å². The van der Waals surface area contributed by atoms with Gasteiger partial charge in [0.05, 0.1) is 10.6 Å². The van der Waals surface area contributed by atoms with Gasteiger partial charge in [-0.25, -0.2) is 0 Å². The average Bonchev–Trinajstić information content (AvgIpc) is 3.10. The van der Waals surface area contributed by atoms with Crippen LogP contribution < -0.4 is 5.32 Å². The summed E-state index contributed by atoms with van der Waals surface area (Å²) in [6, 6.07) is 11.5. The molecule has 5 heteroatoms. The fourth-order valence-electron chi connectivity index (χ4n) is 3.03. The van der Waals surface area contributed by atoms with E-state index in [0.717, 1.165) is 19.6 Å². The van der Waals surface area contributed by atoms with Gasteiger partial charge in [-0.2, -0.15) is 0 Å². The molecule has 1 N–H and O–H groups in total. The van der Waals surface area contributed by atoms with Gasteiger partial charge in [0.1, 0.15) is 0 Å². The number of piperidine rings is 1. The van der Waals surface area contributed by atoms with Gasteiger partial charge in [0, 0.05) is 18.0 Å². The van der Waals surface area contributed by atoms with Gasteiger partial charge in [-0.15, -0.1) is 11.3 Å². The lowest BCUT2D eigenvalue weighted by Crippen LogP contribution is -2.39. The van der Waals surface area contributed by atoms with Gasteiger partial charge in [0.2, 0.25) is 0 Å². The van der Waals surface area contributed by atoms with Gasteiger partial charge in [0.25, 0.3) is 5.91 Å². The SMILES string of the molecule is O=C(NCCN1CCC(c2cccs2)CC1)c1ccccc1Cl. The van der Waals surface area contributed by atoms with Crippen LogP contribution in [0, 0.1) is 0 Å². The highest BCUT2D eigenvalue weighted by Gasteiger charge is 2.21. The maximum Gasteiger partial charge on any atom is 0.252 e. The van der Waals surface area contributed by atoms with Crippen molar-refractivity contribution in [3.05, 3.63) is 57.2 Å². The Labute approximate surface area is 146 Å². The molecule has 3 nitrogen and oxygen atoms in total. The monoisotopic (exact) mass is 348 g/mol. The zero-order valence-corrected chi connectivity index (χ0v) is 14.6. The molecule has 1 aliphatic rings. The van der Waals surface area contributed by atoms with E-state index in [2.05, 4.69) is 27.7 Å². The van der Waals surface area contributed by atoms with E-state index in [1.165, 1.54) is 17.7 Å². The Balaban J connectivity index is 1.40. The van der Waals surface area contributed by atoms with E-state index < -0.39 is 0 Å². The lowest BCUT2D eigenvalue weighted by Gasteiger charge is -2.31. The number of rotatable bonds is 5. The number of hydrogen-bond acceptors (Lipinski definition) is 3. The molecule has 1 aromatic heterocycles. The van der Waals surface area contributed by atoms with Crippen LogP contribution in [0.5, 0.6) is 0 Å². The molecule has 23 heavy (non-hydrogen) atoms. The molecule has 1 saturated heterocycles. The molecule has 2 aromatic rings. The van der Waals surface area contributed by atoms with Crippen LogP contribution in [-0.2, 0) is 0 Å². The zero-order chi connectivity index (χ0) is 16.1. The normalized spacial score (nSPS) is 16.4. The zero-order valence-electron chi connectivity index (χ0n) is 13.0. The molecule has 3 rings (SSSR count). The number of halogens is 1. The first-order valence-electron chi connectivity index (χ1n) is 8.02. The first-order valence-corrected chi connectivity index (χ1v) is 9.28. The van der Waals surface area contributed by atoms with Gasteiger partial charge in [0.15, 0.2) is 0 Å². The fraction of sp³-hybridized carbons (Fsp3) is 0.389. The summed E-state index contributed by atoms with van der Waals surface area (Å²) in [5.74, 6) is 0.619. The molecule has 0 radical (unpaired) electrons. The molecule has 1 aromatic carbocycles. The highest BCUT2D eigenvalue weighted by atomic mass is 35.5. The van der Waals surface area contributed by atoms with Crippen molar-refractivity contribution in [2.45, 2.75) is 18.8 Å². The Bertz CT molecular complexity index is 636. The number of hydrogen-bond donors (Lipinski definition) is 1. The Hall–Kier alpha value is -1.36. The van der Waals surface area contributed by atoms with Gasteiger partial charge in [-0.3, -0.25) is 4.79 Å². The Morgan fingerprint density at radius 3 is 2.70 bits per heavy atom.